The van der Waals surface area contributed by atoms with Gasteiger partial charge in [-0.3, -0.25) is 0 Å². The summed E-state index contributed by atoms with van der Waals surface area (Å²) in [4.78, 5) is 1.51. The topological polar surface area (TPSA) is 33.9 Å². The molecule has 0 bridgehead atoms. The lowest BCUT2D eigenvalue weighted by Gasteiger charge is -2.29. The third-order valence-corrected chi connectivity index (χ3v) is 5.05. The van der Waals surface area contributed by atoms with Crippen LogP contribution >= 0.6 is 0 Å². The summed E-state index contributed by atoms with van der Waals surface area (Å²) >= 11 is 0. The van der Waals surface area contributed by atoms with Crippen molar-refractivity contribution in [3.8, 4) is 0 Å². The number of aliphatic hydroxyl groups excluding tert-OH is 1. The molecule has 0 radical (unpaired) electrons. The number of benzene rings is 2. The van der Waals surface area contributed by atoms with Gasteiger partial charge >= 0.3 is 0 Å². The fourth-order valence-corrected chi connectivity index (χ4v) is 3.82. The van der Waals surface area contributed by atoms with Crippen LogP contribution in [0.3, 0.4) is 0 Å². The van der Waals surface area contributed by atoms with E-state index < -0.39 is 6.10 Å². The van der Waals surface area contributed by atoms with Gasteiger partial charge in [-0.1, -0.05) is 67.6 Å². The number of hydrogen-bond acceptors (Lipinski definition) is 2. The van der Waals surface area contributed by atoms with Crippen LogP contribution in [0.2, 0.25) is 0 Å². The molecule has 0 amide bonds. The molecule has 3 atom stereocenters. The van der Waals surface area contributed by atoms with Crippen molar-refractivity contribution in [1.82, 2.24) is 0 Å². The van der Waals surface area contributed by atoms with Crippen molar-refractivity contribution in [2.45, 2.75) is 32.0 Å². The van der Waals surface area contributed by atoms with Gasteiger partial charge in [0.25, 0.3) is 0 Å². The maximum Gasteiger partial charge on any atom is 0.126 e. The number of piperidine rings is 1. The van der Waals surface area contributed by atoms with Gasteiger partial charge in [0, 0.05) is 5.92 Å². The van der Waals surface area contributed by atoms with E-state index in [1.54, 1.807) is 0 Å². The molecule has 1 saturated heterocycles. The third-order valence-electron chi connectivity index (χ3n) is 5.05. The Balaban J connectivity index is 1.61. The molecule has 25 heavy (non-hydrogen) atoms. The summed E-state index contributed by atoms with van der Waals surface area (Å²) in [6.07, 6.45) is 2.03. The normalized spacial score (nSPS) is 22.0. The van der Waals surface area contributed by atoms with Gasteiger partial charge in [-0.05, 0) is 24.0 Å². The zero-order valence-electron chi connectivity index (χ0n) is 15.1. The Kier molecular flexibility index (Phi) is 6.62. The van der Waals surface area contributed by atoms with Crippen molar-refractivity contribution >= 4 is 0 Å². The van der Waals surface area contributed by atoms with Crippen LogP contribution in [0.15, 0.2) is 60.7 Å². The van der Waals surface area contributed by atoms with Crippen molar-refractivity contribution in [2.24, 2.45) is 5.92 Å². The molecule has 134 valence electrons. The third kappa shape index (κ3) is 5.40. The van der Waals surface area contributed by atoms with Crippen molar-refractivity contribution in [2.75, 3.05) is 26.2 Å². The van der Waals surface area contributed by atoms with Crippen molar-refractivity contribution in [3.63, 3.8) is 0 Å². The molecule has 2 aromatic rings. The van der Waals surface area contributed by atoms with Gasteiger partial charge in [0.2, 0.25) is 0 Å². The molecule has 2 N–H and O–H groups in total. The highest BCUT2D eigenvalue weighted by Crippen LogP contribution is 2.25. The van der Waals surface area contributed by atoms with Crippen LogP contribution in [-0.2, 0) is 4.74 Å². The van der Waals surface area contributed by atoms with Crippen molar-refractivity contribution in [1.29, 1.82) is 0 Å². The second kappa shape index (κ2) is 9.14. The minimum atomic E-state index is -0.421. The first-order valence-corrected chi connectivity index (χ1v) is 9.45. The first kappa shape index (κ1) is 18.1. The van der Waals surface area contributed by atoms with E-state index in [1.807, 2.05) is 36.4 Å². The summed E-state index contributed by atoms with van der Waals surface area (Å²) in [5.74, 6) is 0.762. The maximum absolute atomic E-state index is 10.5. The molecule has 1 aliphatic heterocycles. The fraction of sp³-hybridized carbons (Fsp3) is 0.455. The number of rotatable bonds is 7. The highest BCUT2D eigenvalue weighted by atomic mass is 16.5. The molecule has 1 heterocycles. The second-order valence-corrected chi connectivity index (χ2v) is 7.34. The zero-order chi connectivity index (χ0) is 17.5. The minimum Gasteiger partial charge on any atom is -0.385 e. The maximum atomic E-state index is 10.5. The average molecular weight is 340 g/mol. The van der Waals surface area contributed by atoms with E-state index in [2.05, 4.69) is 31.2 Å². The number of quaternary nitrogens is 1. The predicted molar refractivity (Wildman–Crippen MR) is 101 cm³/mol. The molecule has 0 aromatic heterocycles. The van der Waals surface area contributed by atoms with Crippen LogP contribution in [-0.4, -0.2) is 37.5 Å². The van der Waals surface area contributed by atoms with E-state index >= 15 is 0 Å². The Labute approximate surface area is 151 Å². The minimum absolute atomic E-state index is 0.132. The number of ether oxygens (including phenoxy) is 1. The van der Waals surface area contributed by atoms with Gasteiger partial charge in [-0.25, -0.2) is 0 Å². The molecule has 0 saturated carbocycles. The van der Waals surface area contributed by atoms with E-state index in [1.165, 1.54) is 24.3 Å². The average Bonchev–Trinajstić information content (AvgIpc) is 2.64. The molecule has 3 heteroatoms. The molecule has 0 spiro atoms. The van der Waals surface area contributed by atoms with Gasteiger partial charge in [-0.15, -0.1) is 0 Å². The van der Waals surface area contributed by atoms with Gasteiger partial charge in [0.1, 0.15) is 18.8 Å². The van der Waals surface area contributed by atoms with Gasteiger partial charge < -0.3 is 14.7 Å². The van der Waals surface area contributed by atoms with Gasteiger partial charge in [-0.2, -0.15) is 0 Å². The zero-order valence-corrected chi connectivity index (χ0v) is 15.1. The lowest BCUT2D eigenvalue weighted by Crippen LogP contribution is -3.14. The molecule has 1 unspecified atom stereocenters. The SMILES string of the molecule is C[C@H]1CCC[NH+](C[C@H](O)COC(c2ccccc2)c2ccccc2)C1. The number of hydrogen-bond donors (Lipinski definition) is 2. The Bertz CT molecular complexity index is 577. The standard InChI is InChI=1S/C22H29NO2/c1-18-9-8-14-23(15-18)16-21(24)17-25-22(19-10-4-2-5-11-19)20-12-6-3-7-13-20/h2-7,10-13,18,21-22,24H,8-9,14-17H2,1H3/p+1/t18-,21-/m0/s1. The number of nitrogens with one attached hydrogen (secondary N) is 1. The van der Waals surface area contributed by atoms with Crippen molar-refractivity contribution < 1.29 is 14.7 Å². The first-order valence-electron chi connectivity index (χ1n) is 9.45. The Morgan fingerprint density at radius 1 is 1.04 bits per heavy atom. The van der Waals surface area contributed by atoms with Gasteiger partial charge in [0.15, 0.2) is 0 Å². The summed E-state index contributed by atoms with van der Waals surface area (Å²) in [5.41, 5.74) is 2.25. The second-order valence-electron chi connectivity index (χ2n) is 7.34. The van der Waals surface area contributed by atoms with Crippen LogP contribution < -0.4 is 4.90 Å². The Morgan fingerprint density at radius 2 is 1.64 bits per heavy atom. The summed E-state index contributed by atoms with van der Waals surface area (Å²) < 4.78 is 6.18. The van der Waals surface area contributed by atoms with Crippen molar-refractivity contribution in [3.05, 3.63) is 71.8 Å². The monoisotopic (exact) mass is 340 g/mol. The largest absolute Gasteiger partial charge is 0.385 e. The predicted octanol–water partition coefficient (Wildman–Crippen LogP) is 2.47. The van der Waals surface area contributed by atoms with Crippen LogP contribution in [0.25, 0.3) is 0 Å². The Hall–Kier alpha value is -1.68. The summed E-state index contributed by atoms with van der Waals surface area (Å²) in [6, 6.07) is 20.5. The highest BCUT2D eigenvalue weighted by molar-refractivity contribution is 5.29. The lowest BCUT2D eigenvalue weighted by atomic mass is 10.00. The molecule has 1 aliphatic rings. The van der Waals surface area contributed by atoms with Crippen LogP contribution in [0.5, 0.6) is 0 Å². The summed E-state index contributed by atoms with van der Waals surface area (Å²) in [6.45, 7) is 5.79. The van der Waals surface area contributed by atoms with Gasteiger partial charge in [0.05, 0.1) is 19.7 Å². The molecule has 0 aliphatic carbocycles. The first-order chi connectivity index (χ1) is 12.2. The van der Waals surface area contributed by atoms with Crippen LogP contribution in [0, 0.1) is 5.92 Å². The summed E-state index contributed by atoms with van der Waals surface area (Å²) in [5, 5.41) is 10.5. The molecule has 2 aromatic carbocycles. The van der Waals surface area contributed by atoms with E-state index in [9.17, 15) is 5.11 Å². The number of likely N-dealkylation sites (tertiary alicyclic amines) is 1. The lowest BCUT2D eigenvalue weighted by molar-refractivity contribution is -0.911. The van der Waals surface area contributed by atoms with Crippen LogP contribution in [0.1, 0.15) is 37.0 Å². The fourth-order valence-electron chi connectivity index (χ4n) is 3.82. The highest BCUT2D eigenvalue weighted by Gasteiger charge is 2.23. The van der Waals surface area contributed by atoms with E-state index in [0.29, 0.717) is 6.61 Å². The van der Waals surface area contributed by atoms with Crippen LogP contribution in [0.4, 0.5) is 0 Å². The molecule has 3 nitrogen and oxygen atoms in total. The molecule has 3 rings (SSSR count). The summed E-state index contributed by atoms with van der Waals surface area (Å²) in [7, 11) is 0. The number of aliphatic hydroxyl groups is 1. The molecular weight excluding hydrogens is 310 g/mol. The van der Waals surface area contributed by atoms with E-state index in [-0.39, 0.29) is 6.10 Å². The van der Waals surface area contributed by atoms with E-state index in [4.69, 9.17) is 4.74 Å². The molecular formula is C22H30NO2+. The smallest absolute Gasteiger partial charge is 0.126 e. The quantitative estimate of drug-likeness (QED) is 0.812. The van der Waals surface area contributed by atoms with E-state index in [0.717, 1.165) is 30.1 Å². The Morgan fingerprint density at radius 3 is 2.20 bits per heavy atom. The molecule has 1 fully saturated rings.